The number of aryl methyl sites for hydroxylation is 1. The molecule has 0 radical (unpaired) electrons. The van der Waals surface area contributed by atoms with Gasteiger partial charge in [0.2, 0.25) is 0 Å². The number of carbonyl (C=O) groups is 2. The normalized spacial score (nSPS) is 15.0. The second-order valence-corrected chi connectivity index (χ2v) is 9.62. The van der Waals surface area contributed by atoms with Gasteiger partial charge >= 0.3 is 11.9 Å². The van der Waals surface area contributed by atoms with Crippen LogP contribution in [0.3, 0.4) is 0 Å². The molecule has 1 fully saturated rings. The molecule has 5 rings (SSSR count). The average molecular weight is 538 g/mol. The first-order valence-corrected chi connectivity index (χ1v) is 12.7. The summed E-state index contributed by atoms with van der Waals surface area (Å²) in [7, 11) is 1.77. The van der Waals surface area contributed by atoms with Gasteiger partial charge in [-0.25, -0.2) is 14.0 Å². The fourth-order valence-electron chi connectivity index (χ4n) is 4.99. The number of carboxylic acids is 2. The predicted molar refractivity (Wildman–Crippen MR) is 142 cm³/mol. The zero-order valence-corrected chi connectivity index (χ0v) is 21.7. The van der Waals surface area contributed by atoms with Gasteiger partial charge in [0.1, 0.15) is 18.5 Å². The maximum absolute atomic E-state index is 14.2. The summed E-state index contributed by atoms with van der Waals surface area (Å²) in [5.41, 5.74) is 4.03. The highest BCUT2D eigenvalue weighted by Crippen LogP contribution is 2.31. The maximum Gasteiger partial charge on any atom is 0.414 e. The largest absolute Gasteiger partial charge is 0.473 e. The van der Waals surface area contributed by atoms with E-state index in [1.807, 2.05) is 16.7 Å². The van der Waals surface area contributed by atoms with E-state index in [-0.39, 0.29) is 11.4 Å². The number of benzene rings is 2. The number of rotatable bonds is 8. The number of hydrogen-bond donors (Lipinski definition) is 3. The monoisotopic (exact) mass is 537 g/mol. The van der Waals surface area contributed by atoms with Crippen molar-refractivity contribution >= 4 is 22.8 Å². The van der Waals surface area contributed by atoms with Crippen molar-refractivity contribution in [1.82, 2.24) is 24.6 Å². The van der Waals surface area contributed by atoms with Gasteiger partial charge in [-0.2, -0.15) is 0 Å². The number of fused-ring (bicyclic) bond motifs is 1. The van der Waals surface area contributed by atoms with Gasteiger partial charge in [0.15, 0.2) is 0 Å². The molecule has 3 heterocycles. The van der Waals surface area contributed by atoms with E-state index in [1.165, 1.54) is 17.0 Å². The van der Waals surface area contributed by atoms with Crippen LogP contribution in [0.1, 0.15) is 30.4 Å². The lowest BCUT2D eigenvalue weighted by atomic mass is 9.84. The third-order valence-electron chi connectivity index (χ3n) is 7.24. The van der Waals surface area contributed by atoms with E-state index in [4.69, 9.17) is 24.5 Å². The molecule has 206 valence electrons. The molecule has 2 aromatic heterocycles. The zero-order valence-electron chi connectivity index (χ0n) is 21.7. The third-order valence-corrected chi connectivity index (χ3v) is 7.24. The van der Waals surface area contributed by atoms with Crippen LogP contribution in [-0.4, -0.2) is 79.1 Å². The molecule has 10 nitrogen and oxygen atoms in total. The van der Waals surface area contributed by atoms with E-state index in [2.05, 4.69) is 44.5 Å². The van der Waals surface area contributed by atoms with Gasteiger partial charge in [-0.15, -0.1) is 10.2 Å². The lowest BCUT2D eigenvalue weighted by Crippen LogP contribution is -2.47. The Bertz CT molecular complexity index is 1380. The number of aromatic nitrogens is 4. The number of aliphatic carboxylic acids is 2. The highest BCUT2D eigenvalue weighted by molar-refractivity contribution is 6.27. The van der Waals surface area contributed by atoms with E-state index in [9.17, 15) is 4.39 Å². The SMILES string of the molecule is COC1(Cc2ccccc2F)CCN(CCCc2c[nH]c3ccc(-n4cnnc4)cc23)CC1.O=C(O)C(=O)O. The van der Waals surface area contributed by atoms with Gasteiger partial charge < -0.3 is 24.8 Å². The summed E-state index contributed by atoms with van der Waals surface area (Å²) in [4.78, 5) is 24.1. The lowest BCUT2D eigenvalue weighted by molar-refractivity contribution is -0.159. The molecular weight excluding hydrogens is 505 g/mol. The molecule has 0 aliphatic carbocycles. The Balaban J connectivity index is 0.000000531. The number of nitrogens with one attached hydrogen (secondary N) is 1. The minimum Gasteiger partial charge on any atom is -0.473 e. The van der Waals surface area contributed by atoms with Gasteiger partial charge in [0, 0.05) is 49.4 Å². The van der Waals surface area contributed by atoms with Crippen molar-refractivity contribution in [2.24, 2.45) is 0 Å². The number of methoxy groups -OCH3 is 1. The number of likely N-dealkylation sites (tertiary alicyclic amines) is 1. The molecule has 0 spiro atoms. The topological polar surface area (TPSA) is 134 Å². The predicted octanol–water partition coefficient (Wildman–Crippen LogP) is 3.70. The first-order valence-electron chi connectivity index (χ1n) is 12.7. The van der Waals surface area contributed by atoms with Crippen LogP contribution in [-0.2, 0) is 27.2 Å². The third kappa shape index (κ3) is 7.06. The van der Waals surface area contributed by atoms with Gasteiger partial charge in [-0.1, -0.05) is 18.2 Å². The van der Waals surface area contributed by atoms with Crippen molar-refractivity contribution in [3.63, 3.8) is 0 Å². The lowest BCUT2D eigenvalue weighted by Gasteiger charge is -2.41. The zero-order chi connectivity index (χ0) is 27.8. The number of carboxylic acid groups (broad SMARTS) is 2. The Morgan fingerprint density at radius 3 is 2.38 bits per heavy atom. The number of aromatic amines is 1. The van der Waals surface area contributed by atoms with Crippen LogP contribution in [0.5, 0.6) is 0 Å². The first-order chi connectivity index (χ1) is 18.8. The highest BCUT2D eigenvalue weighted by atomic mass is 19.1. The van der Waals surface area contributed by atoms with Crippen LogP contribution in [0.25, 0.3) is 16.6 Å². The molecule has 0 atom stereocenters. The summed E-state index contributed by atoms with van der Waals surface area (Å²) in [6, 6.07) is 13.4. The summed E-state index contributed by atoms with van der Waals surface area (Å²) >= 11 is 0. The van der Waals surface area contributed by atoms with E-state index in [0.29, 0.717) is 6.42 Å². The number of H-pyrrole nitrogens is 1. The van der Waals surface area contributed by atoms with Gasteiger partial charge in [-0.05, 0) is 67.6 Å². The number of hydrogen-bond acceptors (Lipinski definition) is 6. The second kappa shape index (κ2) is 12.6. The second-order valence-electron chi connectivity index (χ2n) is 9.62. The number of halogens is 1. The van der Waals surface area contributed by atoms with Crippen molar-refractivity contribution in [3.05, 3.63) is 78.3 Å². The molecular formula is C28H32FN5O5. The first kappa shape index (κ1) is 27.9. The van der Waals surface area contributed by atoms with Crippen molar-refractivity contribution in [2.75, 3.05) is 26.7 Å². The molecule has 1 aliphatic rings. The van der Waals surface area contributed by atoms with Gasteiger partial charge in [0.25, 0.3) is 0 Å². The molecule has 39 heavy (non-hydrogen) atoms. The molecule has 0 bridgehead atoms. The fourth-order valence-corrected chi connectivity index (χ4v) is 4.99. The van der Waals surface area contributed by atoms with Crippen LogP contribution in [0.4, 0.5) is 4.39 Å². The van der Waals surface area contributed by atoms with Crippen LogP contribution in [0.2, 0.25) is 0 Å². The summed E-state index contributed by atoms with van der Waals surface area (Å²) in [5.74, 6) is -3.78. The Morgan fingerprint density at radius 1 is 1.05 bits per heavy atom. The minimum atomic E-state index is -1.82. The van der Waals surface area contributed by atoms with Crippen molar-refractivity contribution < 1.29 is 28.9 Å². The summed E-state index contributed by atoms with van der Waals surface area (Å²) < 4.78 is 22.0. The summed E-state index contributed by atoms with van der Waals surface area (Å²) in [5, 5.41) is 23.8. The smallest absolute Gasteiger partial charge is 0.414 e. The van der Waals surface area contributed by atoms with Crippen molar-refractivity contribution in [1.29, 1.82) is 0 Å². The Kier molecular flexibility index (Phi) is 9.05. The molecule has 0 unspecified atom stereocenters. The number of ether oxygens (including phenoxy) is 1. The Morgan fingerprint density at radius 2 is 1.74 bits per heavy atom. The fraction of sp³-hybridized carbons (Fsp3) is 0.357. The van der Waals surface area contributed by atoms with Crippen LogP contribution in [0.15, 0.2) is 61.3 Å². The molecule has 1 saturated heterocycles. The van der Waals surface area contributed by atoms with Crippen molar-refractivity contribution in [2.45, 2.75) is 37.7 Å². The quantitative estimate of drug-likeness (QED) is 0.290. The van der Waals surface area contributed by atoms with Gasteiger partial charge in [-0.3, -0.25) is 4.57 Å². The summed E-state index contributed by atoms with van der Waals surface area (Å²) in [6.45, 7) is 3.01. The van der Waals surface area contributed by atoms with Crippen LogP contribution >= 0.6 is 0 Å². The van der Waals surface area contributed by atoms with Crippen molar-refractivity contribution in [3.8, 4) is 5.69 Å². The van der Waals surface area contributed by atoms with Crippen LogP contribution < -0.4 is 0 Å². The van der Waals surface area contributed by atoms with E-state index >= 15 is 0 Å². The van der Waals surface area contributed by atoms with E-state index in [1.54, 1.807) is 25.8 Å². The molecule has 1 aliphatic heterocycles. The Labute approximate surface area is 225 Å². The summed E-state index contributed by atoms with van der Waals surface area (Å²) in [6.07, 6.45) is 10.2. The molecule has 0 amide bonds. The number of nitrogens with zero attached hydrogens (tertiary/aromatic N) is 4. The van der Waals surface area contributed by atoms with E-state index in [0.717, 1.165) is 62.1 Å². The minimum absolute atomic E-state index is 0.137. The molecule has 11 heteroatoms. The average Bonchev–Trinajstić information content (AvgIpc) is 3.62. The number of piperidine rings is 1. The Hall–Kier alpha value is -4.09. The molecule has 4 aromatic rings. The highest BCUT2D eigenvalue weighted by Gasteiger charge is 2.35. The van der Waals surface area contributed by atoms with Gasteiger partial charge in [0.05, 0.1) is 5.60 Å². The molecule has 2 aromatic carbocycles. The maximum atomic E-state index is 14.2. The standard InChI is InChI=1S/C26H30FN5O.C2H2O4/c1-33-26(16-20-5-2-3-7-24(20)27)10-13-31(14-11-26)12-4-6-21-17-28-25-9-8-22(15-23(21)25)32-18-29-30-19-32;3-1(4)2(5)6/h2-3,5,7-9,15,17-19,28H,4,6,10-14,16H2,1H3;(H,3,4)(H,5,6). The molecule has 3 N–H and O–H groups in total. The van der Waals surface area contributed by atoms with E-state index < -0.39 is 11.9 Å². The van der Waals surface area contributed by atoms with Crippen LogP contribution in [0, 0.1) is 5.82 Å². The molecule has 0 saturated carbocycles.